The van der Waals surface area contributed by atoms with Crippen molar-refractivity contribution >= 4 is 11.9 Å². The molecule has 32 heavy (non-hydrogen) atoms. The summed E-state index contributed by atoms with van der Waals surface area (Å²) in [5, 5.41) is 0. The maximum absolute atomic E-state index is 12.1. The molecule has 8 nitrogen and oxygen atoms in total. The van der Waals surface area contributed by atoms with Crippen LogP contribution >= 0.6 is 0 Å². The van der Waals surface area contributed by atoms with Gasteiger partial charge in [0.2, 0.25) is 5.88 Å². The first-order valence-electron chi connectivity index (χ1n) is 11.0. The Morgan fingerprint density at radius 2 is 1.75 bits per heavy atom. The number of hydrogen-bond acceptors (Lipinski definition) is 7. The second-order valence-corrected chi connectivity index (χ2v) is 9.39. The lowest BCUT2D eigenvalue weighted by Gasteiger charge is -2.29. The summed E-state index contributed by atoms with van der Waals surface area (Å²) in [5.74, 6) is 0.138. The van der Waals surface area contributed by atoms with Gasteiger partial charge in [0, 0.05) is 24.2 Å². The van der Waals surface area contributed by atoms with E-state index in [1.807, 2.05) is 33.8 Å². The molecule has 1 amide bonds. The van der Waals surface area contributed by atoms with Crippen LogP contribution in [0.15, 0.2) is 18.3 Å². The second-order valence-electron chi connectivity index (χ2n) is 9.39. The number of esters is 1. The van der Waals surface area contributed by atoms with Crippen molar-refractivity contribution in [2.45, 2.75) is 78.4 Å². The summed E-state index contributed by atoms with van der Waals surface area (Å²) in [6.07, 6.45) is 5.81. The van der Waals surface area contributed by atoms with E-state index in [-0.39, 0.29) is 17.8 Å². The molecule has 1 aliphatic rings. The van der Waals surface area contributed by atoms with Gasteiger partial charge in [-0.2, -0.15) is 0 Å². The molecule has 172 valence electrons. The van der Waals surface area contributed by atoms with Crippen LogP contribution in [0.1, 0.15) is 74.8 Å². The van der Waals surface area contributed by atoms with E-state index in [2.05, 4.69) is 15.0 Å². The highest BCUT2D eigenvalue weighted by Crippen LogP contribution is 2.30. The maximum Gasteiger partial charge on any atom is 0.306 e. The van der Waals surface area contributed by atoms with E-state index in [0.717, 1.165) is 31.2 Å². The molecule has 0 aliphatic heterocycles. The van der Waals surface area contributed by atoms with Crippen LogP contribution in [0, 0.1) is 19.8 Å². The number of nitrogens with zero attached hydrogens (tertiary/aromatic N) is 3. The number of aryl methyl sites for hydroxylation is 2. The molecule has 2 N–H and O–H groups in total. The van der Waals surface area contributed by atoms with E-state index < -0.39 is 11.5 Å². The predicted octanol–water partition coefficient (Wildman–Crippen LogP) is 3.92. The highest BCUT2D eigenvalue weighted by atomic mass is 16.6. The Kier molecular flexibility index (Phi) is 7.11. The Balaban J connectivity index is 1.57. The second kappa shape index (κ2) is 9.63. The molecule has 0 saturated heterocycles. The summed E-state index contributed by atoms with van der Waals surface area (Å²) < 4.78 is 11.5. The van der Waals surface area contributed by atoms with Crippen molar-refractivity contribution < 1.29 is 19.1 Å². The van der Waals surface area contributed by atoms with Crippen molar-refractivity contribution in [1.82, 2.24) is 15.0 Å². The minimum Gasteiger partial charge on any atom is -0.474 e. The van der Waals surface area contributed by atoms with Gasteiger partial charge in [0.1, 0.15) is 17.4 Å². The van der Waals surface area contributed by atoms with E-state index in [1.54, 1.807) is 19.2 Å². The largest absolute Gasteiger partial charge is 0.474 e. The molecule has 2 aromatic rings. The van der Waals surface area contributed by atoms with Gasteiger partial charge < -0.3 is 15.2 Å². The molecule has 2 heterocycles. The summed E-state index contributed by atoms with van der Waals surface area (Å²) in [7, 11) is 0. The normalized spacial score (nSPS) is 18.8. The third kappa shape index (κ3) is 6.24. The number of amides is 1. The number of nitrogens with two attached hydrogens (primary N) is 1. The summed E-state index contributed by atoms with van der Waals surface area (Å²) in [5.41, 5.74) is 7.64. The fraction of sp³-hybridized carbons (Fsp3) is 0.542. The molecule has 0 radical (unpaired) electrons. The fourth-order valence-electron chi connectivity index (χ4n) is 3.97. The zero-order chi connectivity index (χ0) is 23.5. The van der Waals surface area contributed by atoms with Crippen LogP contribution in [-0.4, -0.2) is 38.5 Å². The zero-order valence-electron chi connectivity index (χ0n) is 19.5. The molecule has 2 aromatic heterocycles. The van der Waals surface area contributed by atoms with Crippen LogP contribution in [0.4, 0.5) is 0 Å². The predicted molar refractivity (Wildman–Crippen MR) is 120 cm³/mol. The van der Waals surface area contributed by atoms with Gasteiger partial charge in [-0.3, -0.25) is 14.6 Å². The van der Waals surface area contributed by atoms with Gasteiger partial charge in [-0.25, -0.2) is 9.97 Å². The fourth-order valence-corrected chi connectivity index (χ4v) is 3.97. The van der Waals surface area contributed by atoms with Crippen molar-refractivity contribution in [2.75, 3.05) is 0 Å². The zero-order valence-corrected chi connectivity index (χ0v) is 19.5. The van der Waals surface area contributed by atoms with Crippen LogP contribution in [0.25, 0.3) is 11.3 Å². The molecule has 0 unspecified atom stereocenters. The Morgan fingerprint density at radius 1 is 1.06 bits per heavy atom. The van der Waals surface area contributed by atoms with Crippen molar-refractivity contribution in [1.29, 1.82) is 0 Å². The van der Waals surface area contributed by atoms with Crippen LogP contribution in [-0.2, 0) is 9.53 Å². The lowest BCUT2D eigenvalue weighted by Crippen LogP contribution is -2.28. The maximum atomic E-state index is 12.1. The van der Waals surface area contributed by atoms with Gasteiger partial charge in [0.15, 0.2) is 0 Å². The highest BCUT2D eigenvalue weighted by molar-refractivity contribution is 5.92. The number of carbonyl (C=O) groups is 2. The van der Waals surface area contributed by atoms with Crippen molar-refractivity contribution in [3.05, 3.63) is 35.4 Å². The summed E-state index contributed by atoms with van der Waals surface area (Å²) in [6.45, 7) is 9.20. The third-order valence-electron chi connectivity index (χ3n) is 5.44. The van der Waals surface area contributed by atoms with Crippen LogP contribution < -0.4 is 10.5 Å². The van der Waals surface area contributed by atoms with E-state index in [0.29, 0.717) is 35.3 Å². The Morgan fingerprint density at radius 3 is 2.31 bits per heavy atom. The lowest BCUT2D eigenvalue weighted by molar-refractivity contribution is -0.156. The number of primary amides is 1. The average Bonchev–Trinajstić information content (AvgIpc) is 2.68. The molecule has 0 spiro atoms. The molecule has 8 heteroatoms. The highest BCUT2D eigenvalue weighted by Gasteiger charge is 2.26. The van der Waals surface area contributed by atoms with E-state index >= 15 is 0 Å². The van der Waals surface area contributed by atoms with Gasteiger partial charge in [0.05, 0.1) is 17.1 Å². The SMILES string of the molecule is Cc1nc(C)c(-c2ccc(O[C@H]3CC[C@@H](CC(=O)OC(C)(C)C)CC3)nc2)nc1C(N)=O. The molecule has 3 rings (SSSR count). The van der Waals surface area contributed by atoms with Gasteiger partial charge in [-0.05, 0) is 72.3 Å². The van der Waals surface area contributed by atoms with Crippen molar-refractivity contribution in [3.63, 3.8) is 0 Å². The number of hydrogen-bond donors (Lipinski definition) is 1. The monoisotopic (exact) mass is 440 g/mol. The average molecular weight is 441 g/mol. The summed E-state index contributed by atoms with van der Waals surface area (Å²) in [4.78, 5) is 36.8. The molecule has 1 saturated carbocycles. The number of carbonyl (C=O) groups excluding carboxylic acids is 2. The number of pyridine rings is 1. The molecule has 0 bridgehead atoms. The van der Waals surface area contributed by atoms with E-state index in [1.165, 1.54) is 0 Å². The molecular weight excluding hydrogens is 408 g/mol. The number of aromatic nitrogens is 3. The van der Waals surface area contributed by atoms with Gasteiger partial charge in [0.25, 0.3) is 5.91 Å². The topological polar surface area (TPSA) is 117 Å². The van der Waals surface area contributed by atoms with E-state index in [4.69, 9.17) is 15.2 Å². The van der Waals surface area contributed by atoms with Crippen LogP contribution in [0.5, 0.6) is 5.88 Å². The van der Waals surface area contributed by atoms with Gasteiger partial charge >= 0.3 is 5.97 Å². The van der Waals surface area contributed by atoms with Crippen LogP contribution in [0.2, 0.25) is 0 Å². The van der Waals surface area contributed by atoms with Crippen LogP contribution in [0.3, 0.4) is 0 Å². The number of rotatable bonds is 6. The first-order valence-corrected chi connectivity index (χ1v) is 11.0. The van der Waals surface area contributed by atoms with Crippen molar-refractivity contribution in [3.8, 4) is 17.1 Å². The summed E-state index contributed by atoms with van der Waals surface area (Å²) in [6, 6.07) is 3.65. The minimum absolute atomic E-state index is 0.0746. The molecule has 0 atom stereocenters. The first-order chi connectivity index (χ1) is 15.0. The molecule has 1 aliphatic carbocycles. The Labute approximate surface area is 189 Å². The molecule has 1 fully saturated rings. The lowest BCUT2D eigenvalue weighted by atomic mass is 9.85. The minimum atomic E-state index is -0.605. The molecular formula is C24H32N4O4. The van der Waals surface area contributed by atoms with E-state index in [9.17, 15) is 9.59 Å². The quantitative estimate of drug-likeness (QED) is 0.676. The van der Waals surface area contributed by atoms with Gasteiger partial charge in [-0.1, -0.05) is 0 Å². The Bertz CT molecular complexity index is 975. The molecule has 0 aromatic carbocycles. The Hall–Kier alpha value is -3.03. The third-order valence-corrected chi connectivity index (χ3v) is 5.44. The van der Waals surface area contributed by atoms with Crippen molar-refractivity contribution in [2.24, 2.45) is 11.7 Å². The first kappa shape index (κ1) is 23.6. The standard InChI is InChI=1S/C24H32N4O4/c1-14-21(28-22(23(25)30)15(2)27-14)17-8-11-19(26-13-17)31-18-9-6-16(7-10-18)12-20(29)32-24(3,4)5/h8,11,13,16,18H,6-7,9-10,12H2,1-5H3,(H2,25,30)/t16-,18+. The summed E-state index contributed by atoms with van der Waals surface area (Å²) >= 11 is 0. The smallest absolute Gasteiger partial charge is 0.306 e. The van der Waals surface area contributed by atoms with Gasteiger partial charge in [-0.15, -0.1) is 0 Å². The number of ether oxygens (including phenoxy) is 2.